The molecule has 0 saturated heterocycles. The zero-order valence-electron chi connectivity index (χ0n) is 10.4. The second-order valence-corrected chi connectivity index (χ2v) is 5.26. The molecule has 0 spiro atoms. The molecule has 0 saturated carbocycles. The Morgan fingerprint density at radius 2 is 2.10 bits per heavy atom. The Morgan fingerprint density at radius 3 is 3.00 bits per heavy atom. The van der Waals surface area contributed by atoms with Crippen molar-refractivity contribution in [2.45, 2.75) is 10.8 Å². The zero-order valence-corrected chi connectivity index (χ0v) is 11.2. The van der Waals surface area contributed by atoms with Gasteiger partial charge in [0.15, 0.2) is 5.65 Å². The third-order valence-electron chi connectivity index (χ3n) is 3.03. The third kappa shape index (κ3) is 1.85. The van der Waals surface area contributed by atoms with E-state index in [1.807, 2.05) is 40.8 Å². The number of hydrogen-bond acceptors (Lipinski definition) is 5. The maximum absolute atomic E-state index is 5.34. The fraction of sp³-hybridized carbons (Fsp3) is 0.0714. The summed E-state index contributed by atoms with van der Waals surface area (Å²) in [7, 11) is 0. The van der Waals surface area contributed by atoms with Crippen LogP contribution in [-0.2, 0) is 5.75 Å². The average Bonchev–Trinajstić information content (AvgIpc) is 3.16. The molecule has 0 unspecified atom stereocenters. The van der Waals surface area contributed by atoms with Crippen LogP contribution in [0.2, 0.25) is 0 Å². The van der Waals surface area contributed by atoms with Crippen LogP contribution in [0.1, 0.15) is 5.76 Å². The van der Waals surface area contributed by atoms with Gasteiger partial charge in [0, 0.05) is 0 Å². The van der Waals surface area contributed by atoms with Gasteiger partial charge in [-0.25, -0.2) is 4.98 Å². The molecule has 3 heterocycles. The Labute approximate surface area is 118 Å². The number of thioether (sulfide) groups is 1. The van der Waals surface area contributed by atoms with Crippen LogP contribution in [0, 0.1) is 0 Å². The number of fused-ring (bicyclic) bond motifs is 3. The highest BCUT2D eigenvalue weighted by atomic mass is 32.2. The summed E-state index contributed by atoms with van der Waals surface area (Å²) < 4.78 is 7.31. The van der Waals surface area contributed by atoms with Crippen molar-refractivity contribution >= 4 is 28.4 Å². The van der Waals surface area contributed by atoms with Crippen LogP contribution in [0.15, 0.2) is 58.4 Å². The summed E-state index contributed by atoms with van der Waals surface area (Å²) in [6, 6.07) is 11.8. The predicted octanol–water partition coefficient (Wildman–Crippen LogP) is 3.16. The van der Waals surface area contributed by atoms with Crippen molar-refractivity contribution in [3.8, 4) is 0 Å². The van der Waals surface area contributed by atoms with Crippen LogP contribution in [0.25, 0.3) is 16.7 Å². The molecule has 98 valence electrons. The van der Waals surface area contributed by atoms with Crippen molar-refractivity contribution in [2.24, 2.45) is 0 Å². The molecule has 0 radical (unpaired) electrons. The van der Waals surface area contributed by atoms with E-state index in [2.05, 4.69) is 15.2 Å². The van der Waals surface area contributed by atoms with Crippen molar-refractivity contribution in [3.05, 3.63) is 54.7 Å². The van der Waals surface area contributed by atoms with E-state index in [0.717, 1.165) is 33.2 Å². The summed E-state index contributed by atoms with van der Waals surface area (Å²) in [5.74, 6) is 1.64. The highest BCUT2D eigenvalue weighted by Gasteiger charge is 2.11. The molecule has 4 rings (SSSR count). The molecule has 0 atom stereocenters. The Bertz CT molecular complexity index is 869. The van der Waals surface area contributed by atoms with Gasteiger partial charge in [0.05, 0.1) is 23.0 Å². The lowest BCUT2D eigenvalue weighted by molar-refractivity contribution is 0.530. The van der Waals surface area contributed by atoms with Crippen molar-refractivity contribution in [3.63, 3.8) is 0 Å². The monoisotopic (exact) mass is 282 g/mol. The van der Waals surface area contributed by atoms with E-state index in [0.29, 0.717) is 0 Å². The van der Waals surface area contributed by atoms with Crippen molar-refractivity contribution in [1.29, 1.82) is 0 Å². The quantitative estimate of drug-likeness (QED) is 0.540. The van der Waals surface area contributed by atoms with E-state index < -0.39 is 0 Å². The highest BCUT2D eigenvalue weighted by molar-refractivity contribution is 7.98. The summed E-state index contributed by atoms with van der Waals surface area (Å²) in [4.78, 5) is 4.67. The molecule has 0 fully saturated rings. The van der Waals surface area contributed by atoms with Crippen molar-refractivity contribution in [2.75, 3.05) is 0 Å². The van der Waals surface area contributed by atoms with Gasteiger partial charge in [-0.05, 0) is 24.3 Å². The molecule has 0 aliphatic heterocycles. The Morgan fingerprint density at radius 1 is 1.15 bits per heavy atom. The van der Waals surface area contributed by atoms with Gasteiger partial charge in [0.1, 0.15) is 17.1 Å². The van der Waals surface area contributed by atoms with E-state index in [1.165, 1.54) is 0 Å². The molecule has 6 heteroatoms. The second-order valence-electron chi connectivity index (χ2n) is 4.30. The summed E-state index contributed by atoms with van der Waals surface area (Å²) in [6.07, 6.45) is 3.40. The minimum absolute atomic E-state index is 0.723. The molecule has 0 N–H and O–H groups in total. The average molecular weight is 282 g/mol. The Kier molecular flexibility index (Phi) is 2.67. The van der Waals surface area contributed by atoms with E-state index in [4.69, 9.17) is 4.42 Å². The topological polar surface area (TPSA) is 56.2 Å². The van der Waals surface area contributed by atoms with Gasteiger partial charge in [-0.15, -0.1) is 10.2 Å². The lowest BCUT2D eigenvalue weighted by Gasteiger charge is -2.05. The SMILES string of the molecule is c1coc(CSc2nc3ccccc3n3cnnc23)c1. The fourth-order valence-electron chi connectivity index (χ4n) is 2.11. The number of nitrogens with zero attached hydrogens (tertiary/aromatic N) is 4. The summed E-state index contributed by atoms with van der Waals surface area (Å²) in [5, 5.41) is 9.02. The standard InChI is InChI=1S/C14H10N4OS/c1-2-6-12-11(5-1)16-14(13-17-15-9-18(12)13)20-8-10-4-3-7-19-10/h1-7,9H,8H2. The van der Waals surface area contributed by atoms with Crippen LogP contribution in [0.5, 0.6) is 0 Å². The molecule has 3 aromatic heterocycles. The van der Waals surface area contributed by atoms with Crippen LogP contribution in [0.4, 0.5) is 0 Å². The zero-order chi connectivity index (χ0) is 13.4. The fourth-order valence-corrected chi connectivity index (χ4v) is 2.98. The minimum atomic E-state index is 0.723. The van der Waals surface area contributed by atoms with Gasteiger partial charge in [0.2, 0.25) is 0 Å². The first kappa shape index (κ1) is 11.5. The number of aromatic nitrogens is 4. The van der Waals surface area contributed by atoms with Crippen LogP contribution in [-0.4, -0.2) is 19.6 Å². The van der Waals surface area contributed by atoms with Crippen LogP contribution < -0.4 is 0 Å². The van der Waals surface area contributed by atoms with Crippen LogP contribution in [0.3, 0.4) is 0 Å². The third-order valence-corrected chi connectivity index (χ3v) is 4.01. The smallest absolute Gasteiger partial charge is 0.193 e. The maximum atomic E-state index is 5.34. The van der Waals surface area contributed by atoms with Crippen molar-refractivity contribution < 1.29 is 4.42 Å². The van der Waals surface area contributed by atoms with Gasteiger partial charge in [0.25, 0.3) is 0 Å². The van der Waals surface area contributed by atoms with Crippen LogP contribution >= 0.6 is 11.8 Å². The van der Waals surface area contributed by atoms with E-state index in [1.54, 1.807) is 24.4 Å². The van der Waals surface area contributed by atoms with Gasteiger partial charge in [-0.2, -0.15) is 0 Å². The van der Waals surface area contributed by atoms with Crippen molar-refractivity contribution in [1.82, 2.24) is 19.6 Å². The predicted molar refractivity (Wildman–Crippen MR) is 76.6 cm³/mol. The van der Waals surface area contributed by atoms with Gasteiger partial charge < -0.3 is 4.42 Å². The highest BCUT2D eigenvalue weighted by Crippen LogP contribution is 2.27. The lowest BCUT2D eigenvalue weighted by atomic mass is 10.3. The van der Waals surface area contributed by atoms with Gasteiger partial charge in [-0.1, -0.05) is 23.9 Å². The first-order chi connectivity index (χ1) is 9.92. The maximum Gasteiger partial charge on any atom is 0.193 e. The molecule has 4 aromatic rings. The molecule has 0 amide bonds. The number of rotatable bonds is 3. The van der Waals surface area contributed by atoms with E-state index in [-0.39, 0.29) is 0 Å². The molecular weight excluding hydrogens is 272 g/mol. The molecule has 0 aliphatic carbocycles. The Hall–Kier alpha value is -2.34. The number of benzene rings is 1. The van der Waals surface area contributed by atoms with E-state index in [9.17, 15) is 0 Å². The second kappa shape index (κ2) is 4.64. The minimum Gasteiger partial charge on any atom is -0.468 e. The summed E-state index contributed by atoms with van der Waals surface area (Å²) in [6.45, 7) is 0. The molecule has 5 nitrogen and oxygen atoms in total. The molecule has 0 aliphatic rings. The normalized spacial score (nSPS) is 11.4. The van der Waals surface area contributed by atoms with Gasteiger partial charge in [-0.3, -0.25) is 4.40 Å². The van der Waals surface area contributed by atoms with E-state index >= 15 is 0 Å². The molecule has 20 heavy (non-hydrogen) atoms. The summed E-state index contributed by atoms with van der Waals surface area (Å²) in [5.41, 5.74) is 2.72. The number of para-hydroxylation sites is 2. The number of hydrogen-bond donors (Lipinski definition) is 0. The lowest BCUT2D eigenvalue weighted by Crippen LogP contribution is -1.94. The first-order valence-electron chi connectivity index (χ1n) is 6.15. The molecule has 0 bridgehead atoms. The summed E-state index contributed by atoms with van der Waals surface area (Å²) >= 11 is 1.60. The largest absolute Gasteiger partial charge is 0.468 e. The first-order valence-corrected chi connectivity index (χ1v) is 7.14. The van der Waals surface area contributed by atoms with Gasteiger partial charge >= 0.3 is 0 Å². The molecular formula is C14H10N4OS. The molecule has 1 aromatic carbocycles. The Balaban J connectivity index is 1.82. The number of furan rings is 1.